The fourth-order valence-corrected chi connectivity index (χ4v) is 2.45. The maximum atomic E-state index is 12.0. The molecule has 0 aliphatic carbocycles. The second-order valence-corrected chi connectivity index (χ2v) is 5.01. The number of rotatable bonds is 4. The Kier molecular flexibility index (Phi) is 3.85. The Bertz CT molecular complexity index is 536. The van der Waals surface area contributed by atoms with Crippen LogP contribution in [0.1, 0.15) is 6.42 Å². The number of aliphatic hydroxyl groups excluding tert-OH is 1. The van der Waals surface area contributed by atoms with E-state index in [2.05, 4.69) is 0 Å². The highest BCUT2D eigenvalue weighted by Crippen LogP contribution is 2.35. The van der Waals surface area contributed by atoms with E-state index < -0.39 is 18.3 Å². The first-order valence-electron chi connectivity index (χ1n) is 6.95. The molecule has 3 N–H and O–H groups in total. The lowest BCUT2D eigenvalue weighted by Crippen LogP contribution is -2.32. The molecule has 21 heavy (non-hydrogen) atoms. The molecule has 1 fully saturated rings. The van der Waals surface area contributed by atoms with Crippen LogP contribution in [0.3, 0.4) is 0 Å². The van der Waals surface area contributed by atoms with E-state index in [-0.39, 0.29) is 0 Å². The summed E-state index contributed by atoms with van der Waals surface area (Å²) in [4.78, 5) is 13.4. The van der Waals surface area contributed by atoms with Crippen molar-refractivity contribution in [3.8, 4) is 11.5 Å². The molecular weight excluding hydrogens is 276 g/mol. The fourth-order valence-electron chi connectivity index (χ4n) is 2.45. The number of aliphatic hydroxyl groups is 1. The molecular formula is C14H18N2O5. The second-order valence-electron chi connectivity index (χ2n) is 5.01. The van der Waals surface area contributed by atoms with Crippen LogP contribution in [-0.2, 0) is 4.74 Å². The van der Waals surface area contributed by atoms with Gasteiger partial charge in [-0.1, -0.05) is 0 Å². The summed E-state index contributed by atoms with van der Waals surface area (Å²) in [6.45, 7) is 1.64. The minimum atomic E-state index is -0.749. The third kappa shape index (κ3) is 2.74. The van der Waals surface area contributed by atoms with Gasteiger partial charge in [0.1, 0.15) is 19.3 Å². The van der Waals surface area contributed by atoms with Gasteiger partial charge in [-0.25, -0.2) is 4.79 Å². The van der Waals surface area contributed by atoms with Crippen molar-refractivity contribution in [2.24, 2.45) is 5.73 Å². The van der Waals surface area contributed by atoms with Crippen molar-refractivity contribution in [3.63, 3.8) is 0 Å². The molecule has 0 bridgehead atoms. The van der Waals surface area contributed by atoms with Crippen LogP contribution in [0.15, 0.2) is 18.2 Å². The number of cyclic esters (lactones) is 1. The molecule has 0 aromatic heterocycles. The summed E-state index contributed by atoms with van der Waals surface area (Å²) in [6, 6.07) is 5.28. The number of hydrogen-bond acceptors (Lipinski definition) is 6. The number of carbonyl (C=O) groups excluding carboxylic acids is 1. The predicted molar refractivity (Wildman–Crippen MR) is 74.7 cm³/mol. The number of benzene rings is 1. The average molecular weight is 294 g/mol. The second kappa shape index (κ2) is 5.79. The zero-order chi connectivity index (χ0) is 14.8. The first kappa shape index (κ1) is 14.0. The van der Waals surface area contributed by atoms with Crippen molar-refractivity contribution in [1.82, 2.24) is 0 Å². The lowest BCUT2D eigenvalue weighted by atomic mass is 10.1. The highest BCUT2D eigenvalue weighted by atomic mass is 16.6. The number of fused-ring (bicyclic) bond motifs is 1. The van der Waals surface area contributed by atoms with Crippen LogP contribution in [0.25, 0.3) is 0 Å². The monoisotopic (exact) mass is 294 g/mol. The van der Waals surface area contributed by atoms with Crippen LogP contribution in [0.2, 0.25) is 0 Å². The van der Waals surface area contributed by atoms with E-state index >= 15 is 0 Å². The third-order valence-electron chi connectivity index (χ3n) is 3.56. The Morgan fingerprint density at radius 1 is 1.33 bits per heavy atom. The molecule has 1 amide bonds. The van der Waals surface area contributed by atoms with Gasteiger partial charge < -0.3 is 25.1 Å². The quantitative estimate of drug-likeness (QED) is 0.839. The van der Waals surface area contributed by atoms with Gasteiger partial charge in [-0.3, -0.25) is 4.90 Å². The highest BCUT2D eigenvalue weighted by molar-refractivity contribution is 5.90. The van der Waals surface area contributed by atoms with Gasteiger partial charge in [-0.05, 0) is 25.1 Å². The zero-order valence-electron chi connectivity index (χ0n) is 11.5. The van der Waals surface area contributed by atoms with Gasteiger partial charge in [0.25, 0.3) is 0 Å². The minimum Gasteiger partial charge on any atom is -0.486 e. The topological polar surface area (TPSA) is 94.3 Å². The van der Waals surface area contributed by atoms with Gasteiger partial charge in [-0.2, -0.15) is 0 Å². The van der Waals surface area contributed by atoms with Gasteiger partial charge in [0.2, 0.25) is 0 Å². The summed E-state index contributed by atoms with van der Waals surface area (Å²) in [5, 5.41) is 9.89. The Labute approximate surface area is 122 Å². The normalized spacial score (nSPS) is 22.1. The molecule has 3 rings (SSSR count). The minimum absolute atomic E-state index is 0.291. The first-order chi connectivity index (χ1) is 10.2. The summed E-state index contributed by atoms with van der Waals surface area (Å²) in [7, 11) is 0. The summed E-state index contributed by atoms with van der Waals surface area (Å²) < 4.78 is 16.1. The van der Waals surface area contributed by atoms with E-state index in [1.807, 2.05) is 0 Å². The van der Waals surface area contributed by atoms with E-state index in [0.717, 1.165) is 0 Å². The summed E-state index contributed by atoms with van der Waals surface area (Å²) in [5.41, 5.74) is 6.07. The summed E-state index contributed by atoms with van der Waals surface area (Å²) in [5.74, 6) is 1.27. The molecule has 7 nitrogen and oxygen atoms in total. The van der Waals surface area contributed by atoms with Gasteiger partial charge >= 0.3 is 6.09 Å². The van der Waals surface area contributed by atoms with Crippen molar-refractivity contribution < 1.29 is 24.1 Å². The van der Waals surface area contributed by atoms with Crippen LogP contribution < -0.4 is 20.1 Å². The van der Waals surface area contributed by atoms with Crippen molar-refractivity contribution in [2.75, 3.05) is 31.2 Å². The molecule has 1 saturated heterocycles. The molecule has 0 saturated carbocycles. The number of ether oxygens (including phenoxy) is 3. The van der Waals surface area contributed by atoms with Crippen LogP contribution >= 0.6 is 0 Å². The predicted octanol–water partition coefficient (Wildman–Crippen LogP) is 0.493. The van der Waals surface area contributed by atoms with E-state index in [0.29, 0.717) is 49.9 Å². The van der Waals surface area contributed by atoms with Gasteiger partial charge in [0, 0.05) is 6.07 Å². The van der Waals surface area contributed by atoms with Crippen LogP contribution in [0.5, 0.6) is 11.5 Å². The summed E-state index contributed by atoms with van der Waals surface area (Å²) >= 11 is 0. The molecule has 114 valence electrons. The lowest BCUT2D eigenvalue weighted by Gasteiger charge is -2.21. The van der Waals surface area contributed by atoms with Crippen molar-refractivity contribution in [3.05, 3.63) is 18.2 Å². The Hall–Kier alpha value is -1.99. The van der Waals surface area contributed by atoms with Crippen LogP contribution in [0.4, 0.5) is 10.5 Å². The third-order valence-corrected chi connectivity index (χ3v) is 3.56. The SMILES string of the molecule is NCCC(O)C1CN(c2ccc3c(c2)OCCO3)C(=O)O1. The van der Waals surface area contributed by atoms with E-state index in [1.54, 1.807) is 18.2 Å². The molecule has 1 aromatic rings. The smallest absolute Gasteiger partial charge is 0.414 e. The van der Waals surface area contributed by atoms with E-state index in [1.165, 1.54) is 4.90 Å². The fraction of sp³-hybridized carbons (Fsp3) is 0.500. The van der Waals surface area contributed by atoms with E-state index in [4.69, 9.17) is 19.9 Å². The molecule has 2 aliphatic heterocycles. The van der Waals surface area contributed by atoms with Crippen molar-refractivity contribution in [1.29, 1.82) is 0 Å². The number of hydrogen-bond donors (Lipinski definition) is 2. The zero-order valence-corrected chi connectivity index (χ0v) is 11.5. The number of nitrogens with two attached hydrogens (primary N) is 1. The van der Waals surface area contributed by atoms with Gasteiger partial charge in [0.05, 0.1) is 18.3 Å². The molecule has 2 heterocycles. The van der Waals surface area contributed by atoms with Crippen LogP contribution in [0, 0.1) is 0 Å². The molecule has 2 atom stereocenters. The average Bonchev–Trinajstić information content (AvgIpc) is 2.89. The standard InChI is InChI=1S/C14H18N2O5/c15-4-3-10(17)13-8-16(14(18)21-13)9-1-2-11-12(7-9)20-6-5-19-11/h1-2,7,10,13,17H,3-6,8,15H2. The molecule has 0 radical (unpaired) electrons. The Morgan fingerprint density at radius 3 is 2.86 bits per heavy atom. The van der Waals surface area contributed by atoms with Gasteiger partial charge in [-0.15, -0.1) is 0 Å². The van der Waals surface area contributed by atoms with Crippen molar-refractivity contribution >= 4 is 11.8 Å². The van der Waals surface area contributed by atoms with Crippen LogP contribution in [-0.4, -0.2) is 49.7 Å². The lowest BCUT2D eigenvalue weighted by molar-refractivity contribution is 0.0294. The summed E-state index contributed by atoms with van der Waals surface area (Å²) in [6.07, 6.45) is -1.39. The Morgan fingerprint density at radius 2 is 2.10 bits per heavy atom. The molecule has 2 aliphatic rings. The molecule has 2 unspecified atom stereocenters. The number of nitrogens with zero attached hydrogens (tertiary/aromatic N) is 1. The largest absolute Gasteiger partial charge is 0.486 e. The van der Waals surface area contributed by atoms with E-state index in [9.17, 15) is 9.90 Å². The van der Waals surface area contributed by atoms with Gasteiger partial charge in [0.15, 0.2) is 11.5 Å². The Balaban J connectivity index is 1.76. The molecule has 0 spiro atoms. The van der Waals surface area contributed by atoms with Crippen molar-refractivity contribution in [2.45, 2.75) is 18.6 Å². The first-order valence-corrected chi connectivity index (χ1v) is 6.95. The maximum absolute atomic E-state index is 12.0. The number of carbonyl (C=O) groups is 1. The molecule has 1 aromatic carbocycles. The number of amides is 1. The highest BCUT2D eigenvalue weighted by Gasteiger charge is 2.36. The molecule has 7 heteroatoms. The maximum Gasteiger partial charge on any atom is 0.414 e. The number of anilines is 1.